The Kier molecular flexibility index (Phi) is 14.7. The molecule has 12 nitrogen and oxygen atoms in total. The molecule has 0 spiro atoms. The Bertz CT molecular complexity index is 1620. The minimum atomic E-state index is -1.16. The summed E-state index contributed by atoms with van der Waals surface area (Å²) in [6.07, 6.45) is -0.189. The summed E-state index contributed by atoms with van der Waals surface area (Å²) in [4.78, 5) is 56.6. The van der Waals surface area contributed by atoms with Crippen molar-refractivity contribution in [1.29, 1.82) is 0 Å². The van der Waals surface area contributed by atoms with Crippen molar-refractivity contribution in [2.75, 3.05) is 14.2 Å². The van der Waals surface area contributed by atoms with Gasteiger partial charge in [0.05, 0.1) is 32.1 Å². The standard InChI is InChI=1S/C40H55N5O7/c1-25-15-20-30(41-24-25)28-18-16-27(17-19-28)22-31(43-36(48)34(40(5,6)7)45-38(50)52-9)32(46)23-29(21-26-13-11-10-12-14-26)42-35(47)33(39(2,3)4)44-37(49)51-8/h10-20,24,29,31-34,46H,21-23H2,1-9H3,(H,42,47)(H,43,48)(H,44,49)(H,45,50). The molecule has 0 aliphatic carbocycles. The molecule has 0 fully saturated rings. The molecule has 3 rings (SSSR count). The van der Waals surface area contributed by atoms with Gasteiger partial charge in [0.1, 0.15) is 12.1 Å². The van der Waals surface area contributed by atoms with E-state index in [2.05, 4.69) is 26.3 Å². The number of aliphatic hydroxyl groups excluding tert-OH is 1. The fourth-order valence-corrected chi connectivity index (χ4v) is 5.79. The highest BCUT2D eigenvalue weighted by Gasteiger charge is 2.37. The Morgan fingerprint density at radius 3 is 1.69 bits per heavy atom. The summed E-state index contributed by atoms with van der Waals surface area (Å²) in [5, 5.41) is 23.3. The zero-order chi connectivity index (χ0) is 38.6. The van der Waals surface area contributed by atoms with E-state index in [0.29, 0.717) is 6.42 Å². The number of aromatic nitrogens is 1. The summed E-state index contributed by atoms with van der Waals surface area (Å²) in [7, 11) is 2.45. The molecule has 2 aromatic carbocycles. The number of nitrogens with zero attached hydrogens (tertiary/aromatic N) is 1. The average molecular weight is 718 g/mol. The zero-order valence-electron chi connectivity index (χ0n) is 31.8. The lowest BCUT2D eigenvalue weighted by Gasteiger charge is -2.34. The van der Waals surface area contributed by atoms with Crippen LogP contribution < -0.4 is 21.3 Å². The zero-order valence-corrected chi connectivity index (χ0v) is 31.8. The number of hydrogen-bond acceptors (Lipinski definition) is 8. The van der Waals surface area contributed by atoms with Crippen LogP contribution in [-0.2, 0) is 31.9 Å². The highest BCUT2D eigenvalue weighted by atomic mass is 16.5. The molecule has 5 N–H and O–H groups in total. The topological polar surface area (TPSA) is 168 Å². The predicted octanol–water partition coefficient (Wildman–Crippen LogP) is 5.10. The minimum Gasteiger partial charge on any atom is -0.453 e. The van der Waals surface area contributed by atoms with Crippen LogP contribution in [0.4, 0.5) is 9.59 Å². The summed E-state index contributed by atoms with van der Waals surface area (Å²) >= 11 is 0. The number of hydrogen-bond donors (Lipinski definition) is 5. The fraction of sp³-hybridized carbons (Fsp3) is 0.475. The smallest absolute Gasteiger partial charge is 0.407 e. The van der Waals surface area contributed by atoms with E-state index in [1.54, 1.807) is 6.20 Å². The van der Waals surface area contributed by atoms with Crippen LogP contribution in [0.15, 0.2) is 72.9 Å². The number of alkyl carbamates (subject to hydrolysis) is 2. The van der Waals surface area contributed by atoms with Crippen LogP contribution in [0.1, 0.15) is 64.7 Å². The maximum absolute atomic E-state index is 13.9. The number of pyridine rings is 1. The molecule has 0 aliphatic rings. The molecule has 0 saturated heterocycles. The molecule has 4 amide bonds. The predicted molar refractivity (Wildman–Crippen MR) is 200 cm³/mol. The van der Waals surface area contributed by atoms with E-state index >= 15 is 0 Å². The first kappa shape index (κ1) is 41.5. The molecule has 1 aromatic heterocycles. The molecule has 282 valence electrons. The van der Waals surface area contributed by atoms with E-state index < -0.39 is 65.1 Å². The van der Waals surface area contributed by atoms with Gasteiger partial charge in [0.25, 0.3) is 0 Å². The van der Waals surface area contributed by atoms with Crippen molar-refractivity contribution in [2.45, 2.75) is 98.0 Å². The molecule has 1 heterocycles. The Balaban J connectivity index is 1.96. The van der Waals surface area contributed by atoms with Gasteiger partial charge in [0.2, 0.25) is 11.8 Å². The molecule has 0 bridgehead atoms. The normalized spacial score (nSPS) is 14.5. The molecule has 5 atom stereocenters. The summed E-state index contributed by atoms with van der Waals surface area (Å²) in [5.41, 5.74) is 3.18. The van der Waals surface area contributed by atoms with Gasteiger partial charge in [-0.3, -0.25) is 14.6 Å². The van der Waals surface area contributed by atoms with Crippen molar-refractivity contribution in [3.8, 4) is 11.3 Å². The van der Waals surface area contributed by atoms with E-state index in [1.165, 1.54) is 14.2 Å². The number of carbonyl (C=O) groups excluding carboxylic acids is 4. The van der Waals surface area contributed by atoms with Crippen LogP contribution in [0.3, 0.4) is 0 Å². The van der Waals surface area contributed by atoms with E-state index in [4.69, 9.17) is 9.47 Å². The molecule has 52 heavy (non-hydrogen) atoms. The van der Waals surface area contributed by atoms with Gasteiger partial charge in [-0.25, -0.2) is 9.59 Å². The van der Waals surface area contributed by atoms with Crippen molar-refractivity contribution in [3.63, 3.8) is 0 Å². The Morgan fingerprint density at radius 2 is 1.21 bits per heavy atom. The lowest BCUT2D eigenvalue weighted by molar-refractivity contribution is -0.128. The summed E-state index contributed by atoms with van der Waals surface area (Å²) in [6, 6.07) is 17.8. The fourth-order valence-electron chi connectivity index (χ4n) is 5.79. The third kappa shape index (κ3) is 12.7. The summed E-state index contributed by atoms with van der Waals surface area (Å²) in [6.45, 7) is 12.9. The van der Waals surface area contributed by atoms with Crippen LogP contribution in [0.2, 0.25) is 0 Å². The number of methoxy groups -OCH3 is 2. The van der Waals surface area contributed by atoms with Crippen molar-refractivity contribution in [1.82, 2.24) is 26.3 Å². The van der Waals surface area contributed by atoms with Crippen molar-refractivity contribution < 1.29 is 33.8 Å². The molecule has 0 aliphatic heterocycles. The van der Waals surface area contributed by atoms with Gasteiger partial charge >= 0.3 is 12.2 Å². The Labute approximate surface area is 307 Å². The molecule has 0 saturated carbocycles. The lowest BCUT2D eigenvalue weighted by Crippen LogP contribution is -2.59. The first-order valence-electron chi connectivity index (χ1n) is 17.4. The molecule has 0 radical (unpaired) electrons. The van der Waals surface area contributed by atoms with Gasteiger partial charge in [0.15, 0.2) is 0 Å². The third-order valence-corrected chi connectivity index (χ3v) is 8.76. The first-order chi connectivity index (χ1) is 24.4. The van der Waals surface area contributed by atoms with Gasteiger partial charge in [-0.15, -0.1) is 0 Å². The number of nitrogens with one attached hydrogen (secondary N) is 4. The van der Waals surface area contributed by atoms with Crippen molar-refractivity contribution >= 4 is 24.0 Å². The van der Waals surface area contributed by atoms with E-state index in [1.807, 2.05) is 115 Å². The first-order valence-corrected chi connectivity index (χ1v) is 17.4. The second-order valence-corrected chi connectivity index (χ2v) is 15.3. The van der Waals surface area contributed by atoms with E-state index in [9.17, 15) is 24.3 Å². The van der Waals surface area contributed by atoms with Crippen LogP contribution in [-0.4, -0.2) is 78.6 Å². The second kappa shape index (κ2) is 18.5. The third-order valence-electron chi connectivity index (χ3n) is 8.76. The molecular weight excluding hydrogens is 662 g/mol. The number of amides is 4. The van der Waals surface area contributed by atoms with Crippen LogP contribution >= 0.6 is 0 Å². The van der Waals surface area contributed by atoms with Crippen LogP contribution in [0.25, 0.3) is 11.3 Å². The number of aryl methyl sites for hydroxylation is 1. The van der Waals surface area contributed by atoms with Gasteiger partial charge < -0.3 is 35.8 Å². The monoisotopic (exact) mass is 717 g/mol. The number of benzene rings is 2. The number of aliphatic hydroxyl groups is 1. The minimum absolute atomic E-state index is 0.0522. The van der Waals surface area contributed by atoms with E-state index in [0.717, 1.165) is 27.9 Å². The molecular formula is C40H55N5O7. The highest BCUT2D eigenvalue weighted by molar-refractivity contribution is 5.87. The number of carbonyl (C=O) groups is 4. The summed E-state index contributed by atoms with van der Waals surface area (Å²) in [5.74, 6) is -0.942. The Hall–Kier alpha value is -4.97. The molecule has 12 heteroatoms. The van der Waals surface area contributed by atoms with Crippen molar-refractivity contribution in [3.05, 3.63) is 89.6 Å². The van der Waals surface area contributed by atoms with Gasteiger partial charge in [-0.2, -0.15) is 0 Å². The number of ether oxygens (including phenoxy) is 2. The molecule has 5 unspecified atom stereocenters. The van der Waals surface area contributed by atoms with Gasteiger partial charge in [-0.1, -0.05) is 102 Å². The maximum Gasteiger partial charge on any atom is 0.407 e. The van der Waals surface area contributed by atoms with Crippen LogP contribution in [0.5, 0.6) is 0 Å². The highest BCUT2D eigenvalue weighted by Crippen LogP contribution is 2.24. The SMILES string of the molecule is COC(=O)NC(C(=O)NC(Cc1ccccc1)CC(O)C(Cc1ccc(-c2ccc(C)cn2)cc1)NC(=O)C(NC(=O)OC)C(C)(C)C)C(C)(C)C. The maximum atomic E-state index is 13.9. The largest absolute Gasteiger partial charge is 0.453 e. The van der Waals surface area contributed by atoms with Crippen molar-refractivity contribution in [2.24, 2.45) is 10.8 Å². The van der Waals surface area contributed by atoms with Gasteiger partial charge in [-0.05, 0) is 59.8 Å². The Morgan fingerprint density at radius 1 is 0.692 bits per heavy atom. The lowest BCUT2D eigenvalue weighted by atomic mass is 9.85. The second-order valence-electron chi connectivity index (χ2n) is 15.3. The summed E-state index contributed by atoms with van der Waals surface area (Å²) < 4.78 is 9.57. The van der Waals surface area contributed by atoms with Crippen LogP contribution in [0, 0.1) is 17.8 Å². The average Bonchev–Trinajstić information content (AvgIpc) is 3.08. The number of rotatable bonds is 14. The van der Waals surface area contributed by atoms with E-state index in [-0.39, 0.29) is 12.8 Å². The quantitative estimate of drug-likeness (QED) is 0.154. The molecule has 3 aromatic rings. The van der Waals surface area contributed by atoms with Gasteiger partial charge in [0, 0.05) is 17.8 Å².